The number of aryl methyl sites for hydroxylation is 1. The smallest absolute Gasteiger partial charge is 0.224 e. The molecular formula is C19H21N5O. The van der Waals surface area contributed by atoms with Crippen LogP contribution >= 0.6 is 0 Å². The Kier molecular flexibility index (Phi) is 3.87. The van der Waals surface area contributed by atoms with Gasteiger partial charge in [-0.15, -0.1) is 0 Å². The van der Waals surface area contributed by atoms with Gasteiger partial charge < -0.3 is 14.5 Å². The Balaban J connectivity index is 1.83. The fourth-order valence-electron chi connectivity index (χ4n) is 3.50. The summed E-state index contributed by atoms with van der Waals surface area (Å²) in [6.45, 7) is 5.42. The lowest BCUT2D eigenvalue weighted by atomic mass is 10.1. The third-order valence-electron chi connectivity index (χ3n) is 4.77. The summed E-state index contributed by atoms with van der Waals surface area (Å²) in [7, 11) is 0. The van der Waals surface area contributed by atoms with Crippen molar-refractivity contribution >= 4 is 5.91 Å². The third-order valence-corrected chi connectivity index (χ3v) is 4.77. The van der Waals surface area contributed by atoms with E-state index in [1.807, 2.05) is 49.5 Å². The summed E-state index contributed by atoms with van der Waals surface area (Å²) in [6, 6.07) is 10.2. The van der Waals surface area contributed by atoms with Gasteiger partial charge in [-0.2, -0.15) is 0 Å². The number of hydrogen-bond acceptors (Lipinski definition) is 3. The first-order valence-corrected chi connectivity index (χ1v) is 8.59. The van der Waals surface area contributed by atoms with Gasteiger partial charge in [0.2, 0.25) is 5.91 Å². The molecule has 6 nitrogen and oxygen atoms in total. The second-order valence-electron chi connectivity index (χ2n) is 6.39. The molecule has 1 N–H and O–H groups in total. The molecule has 2 aromatic heterocycles. The number of likely N-dealkylation sites (tertiary alicyclic amines) is 1. The number of nitrogens with zero attached hydrogens (tertiary/aromatic N) is 4. The van der Waals surface area contributed by atoms with Crippen LogP contribution in [0.25, 0.3) is 22.6 Å². The molecule has 1 atom stereocenters. The number of hydrogen-bond donors (Lipinski definition) is 1. The van der Waals surface area contributed by atoms with Crippen LogP contribution in [0.15, 0.2) is 42.9 Å². The standard InChI is InChI=1S/C19H21N5O/c1-3-23-11-15(9-17(23)25)24-12-21-18(14-7-5-4-6-8-14)19(24)16-10-20-13(2)22-16/h4-8,10,12,15H,3,9,11H2,1-2H3,(H,20,22)/t15-/m0/s1. The maximum Gasteiger partial charge on any atom is 0.224 e. The lowest BCUT2D eigenvalue weighted by Crippen LogP contribution is -2.24. The number of imidazole rings is 2. The van der Waals surface area contributed by atoms with E-state index in [4.69, 9.17) is 0 Å². The molecule has 3 aromatic rings. The quantitative estimate of drug-likeness (QED) is 0.797. The minimum absolute atomic E-state index is 0.0935. The molecule has 0 bridgehead atoms. The van der Waals surface area contributed by atoms with Crippen LogP contribution in [0.2, 0.25) is 0 Å². The van der Waals surface area contributed by atoms with Crippen molar-refractivity contribution in [2.75, 3.05) is 13.1 Å². The molecule has 1 amide bonds. The second-order valence-corrected chi connectivity index (χ2v) is 6.39. The van der Waals surface area contributed by atoms with Crippen molar-refractivity contribution in [2.24, 2.45) is 0 Å². The number of amides is 1. The van der Waals surface area contributed by atoms with Crippen molar-refractivity contribution in [2.45, 2.75) is 26.3 Å². The van der Waals surface area contributed by atoms with Crippen molar-refractivity contribution in [3.05, 3.63) is 48.7 Å². The molecule has 0 aliphatic carbocycles. The van der Waals surface area contributed by atoms with Crippen LogP contribution in [-0.4, -0.2) is 43.4 Å². The maximum absolute atomic E-state index is 12.2. The van der Waals surface area contributed by atoms with Gasteiger partial charge in [-0.3, -0.25) is 4.79 Å². The van der Waals surface area contributed by atoms with E-state index in [0.717, 1.165) is 41.6 Å². The van der Waals surface area contributed by atoms with E-state index in [0.29, 0.717) is 6.42 Å². The zero-order chi connectivity index (χ0) is 17.4. The molecule has 1 aliphatic heterocycles. The Morgan fingerprint density at radius 1 is 1.24 bits per heavy atom. The van der Waals surface area contributed by atoms with E-state index < -0.39 is 0 Å². The number of aromatic nitrogens is 4. The topological polar surface area (TPSA) is 66.8 Å². The number of rotatable bonds is 4. The van der Waals surface area contributed by atoms with Crippen molar-refractivity contribution in [3.8, 4) is 22.6 Å². The highest BCUT2D eigenvalue weighted by atomic mass is 16.2. The average molecular weight is 335 g/mol. The molecule has 3 heterocycles. The molecule has 6 heteroatoms. The van der Waals surface area contributed by atoms with Crippen LogP contribution in [0.4, 0.5) is 0 Å². The zero-order valence-electron chi connectivity index (χ0n) is 14.4. The SMILES string of the molecule is CCN1C[C@@H](n2cnc(-c3ccccc3)c2-c2cnc(C)[nH]2)CC1=O. The van der Waals surface area contributed by atoms with E-state index in [-0.39, 0.29) is 11.9 Å². The highest BCUT2D eigenvalue weighted by molar-refractivity contribution is 5.80. The average Bonchev–Trinajstić information content (AvgIpc) is 3.33. The van der Waals surface area contributed by atoms with E-state index >= 15 is 0 Å². The zero-order valence-corrected chi connectivity index (χ0v) is 14.4. The number of likely N-dealkylation sites (N-methyl/N-ethyl adjacent to an activating group) is 1. The molecule has 128 valence electrons. The number of carbonyl (C=O) groups excluding carboxylic acids is 1. The molecule has 0 unspecified atom stereocenters. The molecule has 0 spiro atoms. The number of nitrogens with one attached hydrogen (secondary N) is 1. The Bertz CT molecular complexity index is 896. The van der Waals surface area contributed by atoms with Crippen LogP contribution in [0.1, 0.15) is 25.2 Å². The van der Waals surface area contributed by atoms with Crippen LogP contribution in [0, 0.1) is 6.92 Å². The normalized spacial score (nSPS) is 17.4. The molecule has 1 aliphatic rings. The number of benzene rings is 1. The predicted molar refractivity (Wildman–Crippen MR) is 95.9 cm³/mol. The molecule has 1 saturated heterocycles. The molecule has 0 radical (unpaired) electrons. The largest absolute Gasteiger partial charge is 0.341 e. The highest BCUT2D eigenvalue weighted by Gasteiger charge is 2.32. The second kappa shape index (κ2) is 6.20. The van der Waals surface area contributed by atoms with Crippen LogP contribution in [0.3, 0.4) is 0 Å². The number of aromatic amines is 1. The van der Waals surface area contributed by atoms with Gasteiger partial charge in [0.05, 0.1) is 35.6 Å². The van der Waals surface area contributed by atoms with Crippen molar-refractivity contribution in [1.29, 1.82) is 0 Å². The van der Waals surface area contributed by atoms with Gasteiger partial charge in [0, 0.05) is 25.1 Å². The lowest BCUT2D eigenvalue weighted by Gasteiger charge is -2.17. The van der Waals surface area contributed by atoms with Crippen molar-refractivity contribution in [1.82, 2.24) is 24.4 Å². The van der Waals surface area contributed by atoms with E-state index in [1.165, 1.54) is 0 Å². The Morgan fingerprint density at radius 2 is 2.04 bits per heavy atom. The van der Waals surface area contributed by atoms with E-state index in [2.05, 4.69) is 31.7 Å². The summed E-state index contributed by atoms with van der Waals surface area (Å²) in [5.74, 6) is 1.06. The summed E-state index contributed by atoms with van der Waals surface area (Å²) in [4.78, 5) is 26.4. The van der Waals surface area contributed by atoms with Crippen LogP contribution in [-0.2, 0) is 4.79 Å². The van der Waals surface area contributed by atoms with Crippen molar-refractivity contribution < 1.29 is 4.79 Å². The first-order valence-electron chi connectivity index (χ1n) is 8.59. The monoisotopic (exact) mass is 335 g/mol. The van der Waals surface area contributed by atoms with Gasteiger partial charge in [0.1, 0.15) is 5.82 Å². The maximum atomic E-state index is 12.2. The first kappa shape index (κ1) is 15.6. The third kappa shape index (κ3) is 2.73. The van der Waals surface area contributed by atoms with Crippen LogP contribution < -0.4 is 0 Å². The van der Waals surface area contributed by atoms with Gasteiger partial charge >= 0.3 is 0 Å². The number of H-pyrrole nitrogens is 1. The summed E-state index contributed by atoms with van der Waals surface area (Å²) in [6.07, 6.45) is 4.20. The predicted octanol–water partition coefficient (Wildman–Crippen LogP) is 3.04. The molecular weight excluding hydrogens is 314 g/mol. The minimum Gasteiger partial charge on any atom is -0.341 e. The van der Waals surface area contributed by atoms with Gasteiger partial charge in [0.15, 0.2) is 0 Å². The fraction of sp³-hybridized carbons (Fsp3) is 0.316. The van der Waals surface area contributed by atoms with Gasteiger partial charge in [-0.1, -0.05) is 30.3 Å². The van der Waals surface area contributed by atoms with E-state index in [9.17, 15) is 4.79 Å². The molecule has 1 aromatic carbocycles. The van der Waals surface area contributed by atoms with Gasteiger partial charge in [-0.05, 0) is 13.8 Å². The summed E-state index contributed by atoms with van der Waals surface area (Å²) in [5, 5.41) is 0. The van der Waals surface area contributed by atoms with Gasteiger partial charge in [0.25, 0.3) is 0 Å². The summed E-state index contributed by atoms with van der Waals surface area (Å²) >= 11 is 0. The lowest BCUT2D eigenvalue weighted by molar-refractivity contribution is -0.127. The highest BCUT2D eigenvalue weighted by Crippen LogP contribution is 2.35. The first-order chi connectivity index (χ1) is 12.2. The molecule has 0 saturated carbocycles. The Morgan fingerprint density at radius 3 is 2.68 bits per heavy atom. The minimum atomic E-state index is 0.0935. The van der Waals surface area contributed by atoms with Crippen LogP contribution in [0.5, 0.6) is 0 Å². The number of carbonyl (C=O) groups is 1. The van der Waals surface area contributed by atoms with Crippen molar-refractivity contribution in [3.63, 3.8) is 0 Å². The molecule has 1 fully saturated rings. The molecule has 25 heavy (non-hydrogen) atoms. The summed E-state index contributed by atoms with van der Waals surface area (Å²) < 4.78 is 2.13. The molecule has 4 rings (SSSR count). The Labute approximate surface area is 146 Å². The van der Waals surface area contributed by atoms with E-state index in [1.54, 1.807) is 0 Å². The van der Waals surface area contributed by atoms with Gasteiger partial charge in [-0.25, -0.2) is 9.97 Å². The summed E-state index contributed by atoms with van der Waals surface area (Å²) in [5.41, 5.74) is 3.88. The fourth-order valence-corrected chi connectivity index (χ4v) is 3.50. The Hall–Kier alpha value is -2.89.